The van der Waals surface area contributed by atoms with Crippen molar-refractivity contribution >= 4 is 11.9 Å². The van der Waals surface area contributed by atoms with Gasteiger partial charge in [0.05, 0.1) is 13.2 Å². The summed E-state index contributed by atoms with van der Waals surface area (Å²) in [6, 6.07) is -0.267. The number of aliphatic hydroxyl groups is 1. The smallest absolute Gasteiger partial charge is 0.322 e. The summed E-state index contributed by atoms with van der Waals surface area (Å²) in [4.78, 5) is 23.2. The van der Waals surface area contributed by atoms with E-state index in [4.69, 9.17) is 9.47 Å². The van der Waals surface area contributed by atoms with Crippen LogP contribution in [0.2, 0.25) is 0 Å². The molecule has 0 saturated heterocycles. The molecule has 0 heterocycles. The first kappa shape index (κ1) is 27.9. The lowest BCUT2D eigenvalue weighted by molar-refractivity contribution is -0.181. The van der Waals surface area contributed by atoms with E-state index in [1.54, 1.807) is 0 Å². The van der Waals surface area contributed by atoms with Crippen LogP contribution in [0.1, 0.15) is 98.8 Å². The molecule has 0 aromatic heterocycles. The van der Waals surface area contributed by atoms with Crippen molar-refractivity contribution in [1.82, 2.24) is 5.32 Å². The molecule has 4 rings (SSSR count). The van der Waals surface area contributed by atoms with Gasteiger partial charge in [-0.2, -0.15) is 0 Å². The van der Waals surface area contributed by atoms with Gasteiger partial charge in [0.1, 0.15) is 12.1 Å². The highest BCUT2D eigenvalue weighted by Crippen LogP contribution is 2.68. The summed E-state index contributed by atoms with van der Waals surface area (Å²) in [6.45, 7) is 11.5. The van der Waals surface area contributed by atoms with Gasteiger partial charge in [-0.1, -0.05) is 20.8 Å². The molecule has 11 atom stereocenters. The molecule has 0 aromatic carbocycles. The number of nitrogens with one attached hydrogen (secondary N) is 1. The van der Waals surface area contributed by atoms with Crippen LogP contribution in [0.4, 0.5) is 0 Å². The molecule has 36 heavy (non-hydrogen) atoms. The molecule has 2 N–H and O–H groups in total. The van der Waals surface area contributed by atoms with Crippen LogP contribution in [0.5, 0.6) is 0 Å². The maximum absolute atomic E-state index is 11.8. The van der Waals surface area contributed by atoms with Gasteiger partial charge in [-0.25, -0.2) is 0 Å². The molecule has 6 nitrogen and oxygen atoms in total. The molecule has 0 aromatic rings. The van der Waals surface area contributed by atoms with Crippen LogP contribution >= 0.6 is 0 Å². The first-order valence-corrected chi connectivity index (χ1v) is 14.7. The Hall–Kier alpha value is -1.14. The van der Waals surface area contributed by atoms with E-state index in [2.05, 4.69) is 26.1 Å². The van der Waals surface area contributed by atoms with Crippen LogP contribution in [-0.4, -0.2) is 48.9 Å². The third-order valence-electron chi connectivity index (χ3n) is 11.7. The summed E-state index contributed by atoms with van der Waals surface area (Å²) in [7, 11) is 1.43. The SMILES string of the molecule is COC(=O)C(C)NCCC[C@@H](C)[C@H]1CC[C@H]2[C@@H]3CC[C@@H]4C[C@H](OC(C)=O)CC[C@]4(C)[C@H]3C[C@H](O)[C@]12C. The molecule has 4 fully saturated rings. The average Bonchev–Trinajstić information content (AvgIpc) is 3.20. The Balaban J connectivity index is 1.39. The Morgan fingerprint density at radius 1 is 1.06 bits per heavy atom. The molecule has 4 aliphatic rings. The minimum Gasteiger partial charge on any atom is -0.468 e. The van der Waals surface area contributed by atoms with Crippen LogP contribution in [-0.2, 0) is 19.1 Å². The number of aliphatic hydroxyl groups excluding tert-OH is 1. The second kappa shape index (κ2) is 10.9. The van der Waals surface area contributed by atoms with Crippen molar-refractivity contribution in [1.29, 1.82) is 0 Å². The van der Waals surface area contributed by atoms with Crippen molar-refractivity contribution in [2.75, 3.05) is 13.7 Å². The van der Waals surface area contributed by atoms with Crippen molar-refractivity contribution in [3.8, 4) is 0 Å². The van der Waals surface area contributed by atoms with Crippen LogP contribution in [0.15, 0.2) is 0 Å². The number of rotatable bonds is 8. The first-order valence-electron chi connectivity index (χ1n) is 14.7. The summed E-state index contributed by atoms with van der Waals surface area (Å²) >= 11 is 0. The number of methoxy groups -OCH3 is 1. The van der Waals surface area contributed by atoms with Crippen LogP contribution < -0.4 is 5.32 Å². The minimum atomic E-state index is -0.267. The van der Waals surface area contributed by atoms with Gasteiger partial charge in [-0.3, -0.25) is 9.59 Å². The number of fused-ring (bicyclic) bond motifs is 5. The van der Waals surface area contributed by atoms with E-state index < -0.39 is 0 Å². The minimum absolute atomic E-state index is 0.00542. The topological polar surface area (TPSA) is 84.9 Å². The van der Waals surface area contributed by atoms with Crippen LogP contribution in [0, 0.1) is 46.3 Å². The summed E-state index contributed by atoms with van der Waals surface area (Å²) < 4.78 is 10.4. The van der Waals surface area contributed by atoms with E-state index >= 15 is 0 Å². The molecule has 0 aliphatic heterocycles. The Kier molecular flexibility index (Phi) is 8.46. The lowest BCUT2D eigenvalue weighted by atomic mass is 9.43. The molecule has 0 radical (unpaired) electrons. The molecule has 0 amide bonds. The predicted octanol–water partition coefficient (Wildman–Crippen LogP) is 5.12. The summed E-state index contributed by atoms with van der Waals surface area (Å²) in [6.07, 6.45) is 11.0. The Bertz CT molecular complexity index is 802. The predicted molar refractivity (Wildman–Crippen MR) is 140 cm³/mol. The van der Waals surface area contributed by atoms with Gasteiger partial charge in [-0.15, -0.1) is 0 Å². The van der Waals surface area contributed by atoms with Gasteiger partial charge < -0.3 is 19.9 Å². The molecule has 0 spiro atoms. The second-order valence-corrected chi connectivity index (χ2v) is 13.3. The Morgan fingerprint density at radius 2 is 1.81 bits per heavy atom. The largest absolute Gasteiger partial charge is 0.468 e. The number of ether oxygens (including phenoxy) is 2. The third kappa shape index (κ3) is 4.98. The van der Waals surface area contributed by atoms with Gasteiger partial charge >= 0.3 is 11.9 Å². The van der Waals surface area contributed by atoms with Crippen molar-refractivity contribution < 1.29 is 24.2 Å². The van der Waals surface area contributed by atoms with Crippen molar-refractivity contribution in [3.63, 3.8) is 0 Å². The van der Waals surface area contributed by atoms with Crippen LogP contribution in [0.3, 0.4) is 0 Å². The van der Waals surface area contributed by atoms with Gasteiger partial charge in [0.2, 0.25) is 0 Å². The molecule has 206 valence electrons. The Labute approximate surface area is 218 Å². The van der Waals surface area contributed by atoms with Gasteiger partial charge in [-0.05, 0) is 124 Å². The molecular weight excluding hydrogens is 454 g/mol. The van der Waals surface area contributed by atoms with E-state index in [0.29, 0.717) is 35.5 Å². The monoisotopic (exact) mass is 505 g/mol. The fraction of sp³-hybridized carbons (Fsp3) is 0.933. The maximum atomic E-state index is 11.8. The zero-order chi connectivity index (χ0) is 26.3. The summed E-state index contributed by atoms with van der Waals surface area (Å²) in [5.74, 6) is 3.27. The van der Waals surface area contributed by atoms with Gasteiger partial charge in [0.15, 0.2) is 0 Å². The first-order chi connectivity index (χ1) is 17.0. The number of hydrogen-bond acceptors (Lipinski definition) is 6. The van der Waals surface area contributed by atoms with E-state index in [-0.39, 0.29) is 41.0 Å². The quantitative estimate of drug-likeness (QED) is 0.352. The van der Waals surface area contributed by atoms with E-state index in [9.17, 15) is 14.7 Å². The lowest BCUT2D eigenvalue weighted by Crippen LogP contribution is -2.59. The fourth-order valence-electron chi connectivity index (χ4n) is 9.69. The normalized spacial score (nSPS) is 43.5. The summed E-state index contributed by atoms with van der Waals surface area (Å²) in [5, 5.41) is 15.1. The average molecular weight is 506 g/mol. The number of carbonyl (C=O) groups excluding carboxylic acids is 2. The molecule has 4 saturated carbocycles. The highest BCUT2D eigenvalue weighted by atomic mass is 16.5. The van der Waals surface area contributed by atoms with E-state index in [0.717, 1.165) is 45.1 Å². The lowest BCUT2D eigenvalue weighted by Gasteiger charge is -2.62. The molecule has 1 unspecified atom stereocenters. The molecule has 6 heteroatoms. The maximum Gasteiger partial charge on any atom is 0.322 e. The van der Waals surface area contributed by atoms with Gasteiger partial charge in [0, 0.05) is 6.92 Å². The standard InChI is InChI=1S/C30H51NO5/c1-18(8-7-15-31-19(2)28(34)35-6)24-11-12-25-23-10-9-21-16-22(36-20(3)32)13-14-29(21,4)26(23)17-27(33)30(24,25)5/h18-19,21-27,31,33H,7-17H2,1-6H3/t18-,19?,21-,22-,23+,24-,25+,26+,27+,29+,30-/m1/s1. The van der Waals surface area contributed by atoms with Crippen molar-refractivity contribution in [3.05, 3.63) is 0 Å². The zero-order valence-corrected chi connectivity index (χ0v) is 23.6. The number of carbonyl (C=O) groups is 2. The highest BCUT2D eigenvalue weighted by Gasteiger charge is 2.63. The summed E-state index contributed by atoms with van der Waals surface area (Å²) in [5.41, 5.74) is 0.263. The van der Waals surface area contributed by atoms with Crippen molar-refractivity contribution in [2.24, 2.45) is 46.3 Å². The number of hydrogen-bond donors (Lipinski definition) is 2. The second-order valence-electron chi connectivity index (χ2n) is 13.3. The molecule has 0 bridgehead atoms. The van der Waals surface area contributed by atoms with E-state index in [1.165, 1.54) is 39.7 Å². The molecular formula is C30H51NO5. The highest BCUT2D eigenvalue weighted by molar-refractivity contribution is 5.75. The Morgan fingerprint density at radius 3 is 2.50 bits per heavy atom. The van der Waals surface area contributed by atoms with Crippen molar-refractivity contribution in [2.45, 2.75) is 117 Å². The zero-order valence-electron chi connectivity index (χ0n) is 23.6. The van der Waals surface area contributed by atoms with Gasteiger partial charge in [0.25, 0.3) is 0 Å². The fourth-order valence-corrected chi connectivity index (χ4v) is 9.69. The third-order valence-corrected chi connectivity index (χ3v) is 11.7. The van der Waals surface area contributed by atoms with Crippen LogP contribution in [0.25, 0.3) is 0 Å². The molecule has 4 aliphatic carbocycles. The number of esters is 2. The van der Waals surface area contributed by atoms with E-state index in [1.807, 2.05) is 6.92 Å².